The predicted octanol–water partition coefficient (Wildman–Crippen LogP) is 0.204. The van der Waals surface area contributed by atoms with Crippen LogP contribution in [0.15, 0.2) is 28.7 Å². The fourth-order valence-electron chi connectivity index (χ4n) is 3.89. The highest BCUT2D eigenvalue weighted by atomic mass is 32.2. The molecule has 2 saturated heterocycles. The van der Waals surface area contributed by atoms with E-state index in [1.54, 1.807) is 13.1 Å². The minimum atomic E-state index is -0.815. The Morgan fingerprint density at radius 2 is 2.30 bits per heavy atom. The molecule has 2 N–H and O–H groups in total. The van der Waals surface area contributed by atoms with Crippen LogP contribution in [0.3, 0.4) is 0 Å². The number of carboxylic acids is 1. The number of esters is 1. The number of carboxylic acid groups (broad SMARTS) is 1. The number of carbonyl (C=O) groups is 2. The molecule has 0 bridgehead atoms. The Kier molecular flexibility index (Phi) is 6.11. The maximum absolute atomic E-state index is 12.5. The number of amidine groups is 1. The number of thioether (sulfide) groups is 1. The van der Waals surface area contributed by atoms with Gasteiger partial charge >= 0.3 is 11.9 Å². The van der Waals surface area contributed by atoms with Crippen molar-refractivity contribution in [2.45, 2.75) is 30.1 Å². The molecule has 30 heavy (non-hydrogen) atoms. The van der Waals surface area contributed by atoms with E-state index >= 15 is 0 Å². The summed E-state index contributed by atoms with van der Waals surface area (Å²) < 4.78 is 12.9. The normalized spacial score (nSPS) is 26.7. The van der Waals surface area contributed by atoms with Crippen LogP contribution < -0.4 is 5.32 Å². The molecule has 3 aliphatic rings. The van der Waals surface area contributed by atoms with Crippen molar-refractivity contribution in [3.8, 4) is 0 Å². The van der Waals surface area contributed by atoms with Crippen molar-refractivity contribution in [2.24, 2.45) is 12.0 Å². The van der Waals surface area contributed by atoms with E-state index in [4.69, 9.17) is 9.47 Å². The average molecular weight is 436 g/mol. The number of fused-ring (bicyclic) bond motifs is 1. The average Bonchev–Trinajstić information content (AvgIpc) is 3.35. The molecule has 0 amide bonds. The Morgan fingerprint density at radius 3 is 3.00 bits per heavy atom. The molecule has 0 aliphatic carbocycles. The first-order valence-electron chi connectivity index (χ1n) is 9.90. The van der Waals surface area contributed by atoms with Crippen molar-refractivity contribution in [2.75, 3.05) is 32.8 Å². The standard InChI is InChI=1S/C19H25N5O5S/c1-3-28-18(27)11-9-21-15(16-20-4-5-23(16)2)22-12(11)10-24-6-7-29-19-13(24)8-14(30-19)17(25)26/h4-5,13-14,19H,3,6-10H2,1-2H3,(H,21,22)(H,25,26)/t13?,14?,19-/m1/s1. The molecule has 162 valence electrons. The molecule has 0 spiro atoms. The van der Waals surface area contributed by atoms with Crippen molar-refractivity contribution >= 4 is 29.5 Å². The van der Waals surface area contributed by atoms with E-state index in [9.17, 15) is 14.7 Å². The number of aliphatic carboxylic acids is 1. The lowest BCUT2D eigenvalue weighted by atomic mass is 10.1. The molecule has 11 heteroatoms. The summed E-state index contributed by atoms with van der Waals surface area (Å²) >= 11 is 1.36. The van der Waals surface area contributed by atoms with Gasteiger partial charge in [-0.15, -0.1) is 11.8 Å². The van der Waals surface area contributed by atoms with Gasteiger partial charge in [-0.2, -0.15) is 0 Å². The van der Waals surface area contributed by atoms with Crippen molar-refractivity contribution in [3.05, 3.63) is 29.5 Å². The first-order valence-corrected chi connectivity index (χ1v) is 10.8. The summed E-state index contributed by atoms with van der Waals surface area (Å²) in [7, 11) is 1.88. The molecule has 0 radical (unpaired) electrons. The van der Waals surface area contributed by atoms with E-state index in [1.165, 1.54) is 11.8 Å². The van der Waals surface area contributed by atoms with Gasteiger partial charge in [0.15, 0.2) is 11.7 Å². The number of ether oxygens (including phenoxy) is 2. The molecular formula is C19H25N5O5S. The van der Waals surface area contributed by atoms with E-state index in [0.29, 0.717) is 49.0 Å². The van der Waals surface area contributed by atoms with Crippen LogP contribution in [-0.2, 0) is 26.1 Å². The fourth-order valence-corrected chi connectivity index (χ4v) is 5.28. The molecule has 4 heterocycles. The Balaban J connectivity index is 1.57. The highest BCUT2D eigenvalue weighted by Crippen LogP contribution is 2.39. The molecule has 3 aliphatic heterocycles. The summed E-state index contributed by atoms with van der Waals surface area (Å²) in [5, 5.41) is 12.2. The fraction of sp³-hybridized carbons (Fsp3) is 0.579. The van der Waals surface area contributed by atoms with Crippen LogP contribution in [0.4, 0.5) is 0 Å². The third-order valence-corrected chi connectivity index (χ3v) is 6.86. The van der Waals surface area contributed by atoms with Gasteiger partial charge in [-0.3, -0.25) is 14.7 Å². The van der Waals surface area contributed by atoms with E-state index in [-0.39, 0.29) is 24.6 Å². The number of aliphatic imine (C=N–C) groups is 1. The second kappa shape index (κ2) is 8.78. The lowest BCUT2D eigenvalue weighted by molar-refractivity contribution is -0.138. The Morgan fingerprint density at radius 1 is 1.47 bits per heavy atom. The highest BCUT2D eigenvalue weighted by Gasteiger charge is 2.45. The van der Waals surface area contributed by atoms with Gasteiger partial charge in [-0.05, 0) is 13.3 Å². The summed E-state index contributed by atoms with van der Waals surface area (Å²) in [4.78, 5) is 35.0. The maximum atomic E-state index is 12.5. The molecule has 3 atom stereocenters. The van der Waals surface area contributed by atoms with Crippen LogP contribution in [0.1, 0.15) is 19.2 Å². The van der Waals surface area contributed by atoms with E-state index < -0.39 is 17.2 Å². The number of rotatable bonds is 6. The third-order valence-electron chi connectivity index (χ3n) is 5.42. The minimum absolute atomic E-state index is 0.0296. The molecule has 0 saturated carbocycles. The monoisotopic (exact) mass is 435 g/mol. The van der Waals surface area contributed by atoms with Crippen LogP contribution in [0, 0.1) is 0 Å². The summed E-state index contributed by atoms with van der Waals surface area (Å²) in [6.07, 6.45) is 4.03. The molecule has 1 aromatic heterocycles. The van der Waals surface area contributed by atoms with Gasteiger partial charge in [0, 0.05) is 44.3 Å². The van der Waals surface area contributed by atoms with Crippen LogP contribution in [-0.4, -0.2) is 86.9 Å². The molecule has 10 nitrogen and oxygen atoms in total. The van der Waals surface area contributed by atoms with Crippen molar-refractivity contribution in [3.63, 3.8) is 0 Å². The zero-order valence-electron chi connectivity index (χ0n) is 16.9. The van der Waals surface area contributed by atoms with Crippen molar-refractivity contribution < 1.29 is 24.2 Å². The molecule has 0 aromatic carbocycles. The number of aryl methyl sites for hydroxylation is 1. The van der Waals surface area contributed by atoms with Gasteiger partial charge in [0.05, 0.1) is 25.3 Å². The summed E-state index contributed by atoms with van der Waals surface area (Å²) in [5.74, 6) is 0.0678. The number of nitrogens with zero attached hydrogens (tertiary/aromatic N) is 4. The van der Waals surface area contributed by atoms with E-state index in [0.717, 1.165) is 0 Å². The topological polar surface area (TPSA) is 118 Å². The van der Waals surface area contributed by atoms with Crippen LogP contribution in [0.2, 0.25) is 0 Å². The molecule has 2 unspecified atom stereocenters. The van der Waals surface area contributed by atoms with Gasteiger partial charge in [0.1, 0.15) is 10.7 Å². The number of hydrogen-bond acceptors (Lipinski definition) is 9. The SMILES string of the molecule is CCOC(=O)C1=C(CN2CCO[C@@H]3SC(C(=O)O)CC32)NC(c2nccn2C)=NC1. The lowest BCUT2D eigenvalue weighted by Gasteiger charge is -2.38. The molecule has 2 fully saturated rings. The van der Waals surface area contributed by atoms with Crippen molar-refractivity contribution in [1.82, 2.24) is 19.8 Å². The van der Waals surface area contributed by atoms with Crippen LogP contribution in [0.5, 0.6) is 0 Å². The minimum Gasteiger partial charge on any atom is -0.480 e. The first-order chi connectivity index (χ1) is 14.5. The van der Waals surface area contributed by atoms with Gasteiger partial charge < -0.3 is 24.5 Å². The van der Waals surface area contributed by atoms with Crippen molar-refractivity contribution in [1.29, 1.82) is 0 Å². The van der Waals surface area contributed by atoms with E-state index in [2.05, 4.69) is 20.2 Å². The Hall–Kier alpha value is -2.37. The molecule has 4 rings (SSSR count). The van der Waals surface area contributed by atoms with Gasteiger partial charge in [-0.1, -0.05) is 0 Å². The quantitative estimate of drug-likeness (QED) is 0.604. The number of imidazole rings is 1. The zero-order chi connectivity index (χ0) is 21.3. The second-order valence-electron chi connectivity index (χ2n) is 7.30. The summed E-state index contributed by atoms with van der Waals surface area (Å²) in [6, 6.07) is -0.0296. The Labute approximate surface area is 178 Å². The van der Waals surface area contributed by atoms with Gasteiger partial charge in [0.25, 0.3) is 0 Å². The van der Waals surface area contributed by atoms with E-state index in [1.807, 2.05) is 17.8 Å². The zero-order valence-corrected chi connectivity index (χ0v) is 17.7. The van der Waals surface area contributed by atoms with Gasteiger partial charge in [0.2, 0.25) is 0 Å². The smallest absolute Gasteiger partial charge is 0.337 e. The highest BCUT2D eigenvalue weighted by molar-refractivity contribution is 8.01. The largest absolute Gasteiger partial charge is 0.480 e. The molecule has 1 aromatic rings. The first kappa shape index (κ1) is 20.9. The number of carbonyl (C=O) groups excluding carboxylic acids is 1. The number of hydrogen-bond donors (Lipinski definition) is 2. The number of aromatic nitrogens is 2. The van der Waals surface area contributed by atoms with Crippen LogP contribution >= 0.6 is 11.8 Å². The Bertz CT molecular complexity index is 898. The van der Waals surface area contributed by atoms with Crippen LogP contribution in [0.25, 0.3) is 0 Å². The number of nitrogens with one attached hydrogen (secondary N) is 1. The molecular weight excluding hydrogens is 410 g/mol. The third kappa shape index (κ3) is 4.09. The predicted molar refractivity (Wildman–Crippen MR) is 110 cm³/mol. The maximum Gasteiger partial charge on any atom is 0.337 e. The van der Waals surface area contributed by atoms with Gasteiger partial charge in [-0.25, -0.2) is 9.78 Å². The second-order valence-corrected chi connectivity index (χ2v) is 8.61. The lowest BCUT2D eigenvalue weighted by Crippen LogP contribution is -2.50. The summed E-state index contributed by atoms with van der Waals surface area (Å²) in [5.41, 5.74) is 1.02. The summed E-state index contributed by atoms with van der Waals surface area (Å²) in [6.45, 7) is 3.88. The number of morpholine rings is 1.